The van der Waals surface area contributed by atoms with Crippen molar-refractivity contribution < 1.29 is 0 Å². The van der Waals surface area contributed by atoms with Crippen LogP contribution in [0.15, 0.2) is 17.7 Å². The van der Waals surface area contributed by atoms with E-state index in [2.05, 4.69) is 6.58 Å². The second kappa shape index (κ2) is 3.48. The summed E-state index contributed by atoms with van der Waals surface area (Å²) in [5.74, 6) is 0. The molecular formula is C8H13-. The Morgan fingerprint density at radius 3 is 2.00 bits per heavy atom. The molecule has 0 aromatic heterocycles. The van der Waals surface area contributed by atoms with Crippen molar-refractivity contribution >= 4 is 0 Å². The van der Waals surface area contributed by atoms with Gasteiger partial charge in [0.2, 0.25) is 0 Å². The van der Waals surface area contributed by atoms with E-state index in [-0.39, 0.29) is 0 Å². The van der Waals surface area contributed by atoms with E-state index >= 15 is 0 Å². The highest BCUT2D eigenvalue weighted by atomic mass is 13.9. The molecule has 0 saturated heterocycles. The number of hydrogen-bond donors (Lipinski definition) is 0. The Kier molecular flexibility index (Phi) is 3.25. The second-order valence-electron chi connectivity index (χ2n) is 2.30. The van der Waals surface area contributed by atoms with Gasteiger partial charge in [0, 0.05) is 0 Å². The van der Waals surface area contributed by atoms with Gasteiger partial charge in [0.1, 0.15) is 0 Å². The van der Waals surface area contributed by atoms with Crippen molar-refractivity contribution in [3.8, 4) is 0 Å². The minimum absolute atomic E-state index is 0.981. The van der Waals surface area contributed by atoms with E-state index in [1.165, 1.54) is 5.57 Å². The minimum atomic E-state index is 0.981. The summed E-state index contributed by atoms with van der Waals surface area (Å²) in [6, 6.07) is 0. The fourth-order valence-electron chi connectivity index (χ4n) is 0.411. The van der Waals surface area contributed by atoms with Gasteiger partial charge in [0.25, 0.3) is 0 Å². The molecule has 0 spiro atoms. The van der Waals surface area contributed by atoms with E-state index in [9.17, 15) is 0 Å². The third-order valence-electron chi connectivity index (χ3n) is 0.946. The summed E-state index contributed by atoms with van der Waals surface area (Å²) in [4.78, 5) is 0. The van der Waals surface area contributed by atoms with Crippen LogP contribution in [0, 0.1) is 6.58 Å². The molecule has 0 saturated carbocycles. The summed E-state index contributed by atoms with van der Waals surface area (Å²) in [7, 11) is 0. The molecule has 0 unspecified atom stereocenters. The summed E-state index contributed by atoms with van der Waals surface area (Å²) in [6.45, 7) is 13.1. The van der Waals surface area contributed by atoms with Gasteiger partial charge in [-0.3, -0.25) is 5.57 Å². The highest BCUT2D eigenvalue weighted by molar-refractivity contribution is 4.95. The van der Waals surface area contributed by atoms with Gasteiger partial charge < -0.3 is 6.58 Å². The van der Waals surface area contributed by atoms with Crippen molar-refractivity contribution in [2.45, 2.75) is 26.7 Å². The van der Waals surface area contributed by atoms with Crippen molar-refractivity contribution in [3.63, 3.8) is 0 Å². The molecule has 0 bridgehead atoms. The average molecular weight is 109 g/mol. The van der Waals surface area contributed by atoms with Gasteiger partial charge in [-0.05, 0) is 13.3 Å². The largest absolute Gasteiger partial charge is 0.515 e. The monoisotopic (exact) mass is 109 g/mol. The zero-order valence-corrected chi connectivity index (χ0v) is 5.70. The first kappa shape index (κ1) is 7.48. The van der Waals surface area contributed by atoms with E-state index in [4.69, 9.17) is 6.58 Å². The molecule has 0 fully saturated rings. The van der Waals surface area contributed by atoms with Crippen LogP contribution in [-0.2, 0) is 0 Å². The van der Waals surface area contributed by atoms with Crippen LogP contribution in [0.5, 0.6) is 0 Å². The van der Waals surface area contributed by atoms with E-state index in [1.807, 2.05) is 13.8 Å². The maximum atomic E-state index is 5.42. The molecule has 0 aromatic carbocycles. The molecule has 0 atom stereocenters. The molecule has 0 rings (SSSR count). The molecular weight excluding hydrogens is 96.1 g/mol. The van der Waals surface area contributed by atoms with E-state index in [1.54, 1.807) is 0 Å². The topological polar surface area (TPSA) is 0 Å². The first-order chi connectivity index (χ1) is 3.63. The van der Waals surface area contributed by atoms with Gasteiger partial charge in [-0.2, -0.15) is 0 Å². The van der Waals surface area contributed by atoms with Crippen LogP contribution in [0.25, 0.3) is 0 Å². The van der Waals surface area contributed by atoms with Crippen molar-refractivity contribution in [3.05, 3.63) is 24.3 Å². The van der Waals surface area contributed by atoms with Crippen LogP contribution in [0.1, 0.15) is 26.7 Å². The molecule has 0 aliphatic carbocycles. The maximum absolute atomic E-state index is 5.42. The molecule has 0 radical (unpaired) electrons. The first-order valence-electron chi connectivity index (χ1n) is 2.85. The van der Waals surface area contributed by atoms with Crippen LogP contribution in [0.2, 0.25) is 0 Å². The van der Waals surface area contributed by atoms with Gasteiger partial charge >= 0.3 is 0 Å². The Labute approximate surface area is 51.9 Å². The lowest BCUT2D eigenvalue weighted by Gasteiger charge is -2.02. The predicted molar refractivity (Wildman–Crippen MR) is 37.5 cm³/mol. The lowest BCUT2D eigenvalue weighted by Crippen LogP contribution is -1.75. The molecule has 46 valence electrons. The first-order valence-corrected chi connectivity index (χ1v) is 2.85. The van der Waals surface area contributed by atoms with E-state index < -0.39 is 0 Å². The second-order valence-corrected chi connectivity index (χ2v) is 2.30. The molecule has 0 aliphatic heterocycles. The fraction of sp³-hybridized carbons (Fsp3) is 0.500. The highest BCUT2D eigenvalue weighted by Gasteiger charge is 1.81. The lowest BCUT2D eigenvalue weighted by molar-refractivity contribution is 0.930. The van der Waals surface area contributed by atoms with Crippen LogP contribution in [0.4, 0.5) is 0 Å². The van der Waals surface area contributed by atoms with Gasteiger partial charge in [0.05, 0.1) is 0 Å². The Bertz CT molecular complexity index is 84.6. The molecule has 0 N–H and O–H groups in total. The quantitative estimate of drug-likeness (QED) is 0.386. The fourth-order valence-corrected chi connectivity index (χ4v) is 0.411. The van der Waals surface area contributed by atoms with Crippen molar-refractivity contribution in [1.82, 2.24) is 0 Å². The van der Waals surface area contributed by atoms with Crippen LogP contribution in [0.3, 0.4) is 0 Å². The average Bonchev–Trinajstić information content (AvgIpc) is 1.61. The van der Waals surface area contributed by atoms with E-state index in [0.717, 1.165) is 18.4 Å². The number of allylic oxidation sites excluding steroid dienone is 2. The molecule has 0 nitrogen and oxygen atoms in total. The lowest BCUT2D eigenvalue weighted by atomic mass is 10.1. The molecule has 0 amide bonds. The van der Waals surface area contributed by atoms with Crippen molar-refractivity contribution in [2.75, 3.05) is 0 Å². The van der Waals surface area contributed by atoms with Crippen molar-refractivity contribution in [2.24, 2.45) is 0 Å². The molecule has 0 heteroatoms. The number of hydrogen-bond acceptors (Lipinski definition) is 0. The van der Waals surface area contributed by atoms with Crippen LogP contribution in [-0.4, -0.2) is 0 Å². The summed E-state index contributed by atoms with van der Waals surface area (Å²) < 4.78 is 0. The van der Waals surface area contributed by atoms with Crippen LogP contribution >= 0.6 is 0 Å². The number of rotatable bonds is 3. The summed E-state index contributed by atoms with van der Waals surface area (Å²) >= 11 is 0. The summed E-state index contributed by atoms with van der Waals surface area (Å²) in [5, 5.41) is 0. The molecule has 8 heavy (non-hydrogen) atoms. The van der Waals surface area contributed by atoms with E-state index in [0.29, 0.717) is 0 Å². The Hall–Kier alpha value is -0.520. The summed E-state index contributed by atoms with van der Waals surface area (Å²) in [5.41, 5.74) is 2.20. The van der Waals surface area contributed by atoms with Gasteiger partial charge in [0.15, 0.2) is 0 Å². The zero-order valence-electron chi connectivity index (χ0n) is 5.70. The molecule has 0 aromatic rings. The zero-order chi connectivity index (χ0) is 6.57. The Morgan fingerprint density at radius 2 is 1.88 bits per heavy atom. The summed E-state index contributed by atoms with van der Waals surface area (Å²) in [6.07, 6.45) is 2.01. The molecule has 0 aliphatic rings. The van der Waals surface area contributed by atoms with Gasteiger partial charge in [-0.25, -0.2) is 0 Å². The van der Waals surface area contributed by atoms with Crippen LogP contribution < -0.4 is 0 Å². The Balaban J connectivity index is 3.18. The van der Waals surface area contributed by atoms with Gasteiger partial charge in [-0.1, -0.05) is 18.9 Å². The standard InChI is InChI=1S/C8H13/c1-7(2)5-6-8(3)4/h1H,3,5-6H2,2,4H3/q-1. The smallest absolute Gasteiger partial charge is 0.0315 e. The maximum Gasteiger partial charge on any atom is -0.0315 e. The van der Waals surface area contributed by atoms with Crippen molar-refractivity contribution in [1.29, 1.82) is 0 Å². The third kappa shape index (κ3) is 5.48. The van der Waals surface area contributed by atoms with Gasteiger partial charge in [-0.15, -0.1) is 6.58 Å². The Morgan fingerprint density at radius 1 is 1.38 bits per heavy atom. The predicted octanol–water partition coefficient (Wildman–Crippen LogP) is 2.72. The minimum Gasteiger partial charge on any atom is -0.515 e. The molecule has 0 heterocycles. The highest BCUT2D eigenvalue weighted by Crippen LogP contribution is 2.05. The SMILES string of the molecule is [CH-]=C(C)CCC(=C)C. The third-order valence-corrected chi connectivity index (χ3v) is 0.946. The normalized spacial score (nSPS) is 8.75.